The normalized spacial score (nSPS) is 11.3. The molecule has 1 N–H and O–H groups in total. The lowest BCUT2D eigenvalue weighted by Crippen LogP contribution is -2.17. The summed E-state index contributed by atoms with van der Waals surface area (Å²) < 4.78 is 2.38. The van der Waals surface area contributed by atoms with Crippen LogP contribution in [0.1, 0.15) is 24.5 Å². The highest BCUT2D eigenvalue weighted by Crippen LogP contribution is 2.23. The first-order valence-corrected chi connectivity index (χ1v) is 8.61. The molecule has 3 rings (SSSR count). The first-order valence-electron chi connectivity index (χ1n) is 7.67. The highest BCUT2D eigenvalue weighted by atomic mass is 32.1. The van der Waals surface area contributed by atoms with Crippen molar-refractivity contribution < 1.29 is 0 Å². The van der Waals surface area contributed by atoms with E-state index in [4.69, 9.17) is 0 Å². The summed E-state index contributed by atoms with van der Waals surface area (Å²) in [6, 6.07) is 11.0. The van der Waals surface area contributed by atoms with Gasteiger partial charge in [-0.2, -0.15) is 11.3 Å². The summed E-state index contributed by atoms with van der Waals surface area (Å²) in [5.41, 5.74) is 4.18. The molecule has 2 nitrogen and oxygen atoms in total. The minimum Gasteiger partial charge on any atom is -0.343 e. The van der Waals surface area contributed by atoms with Gasteiger partial charge in [0.25, 0.3) is 0 Å². The van der Waals surface area contributed by atoms with Crippen LogP contribution in [0.15, 0.2) is 47.3 Å². The number of nitrogens with one attached hydrogen (secondary N) is 1. The van der Waals surface area contributed by atoms with E-state index < -0.39 is 0 Å². The number of benzene rings is 1. The predicted octanol–water partition coefficient (Wildman–Crippen LogP) is 4.29. The van der Waals surface area contributed by atoms with Crippen molar-refractivity contribution in [1.29, 1.82) is 0 Å². The molecular weight excluding hydrogens is 276 g/mol. The molecule has 0 saturated carbocycles. The maximum Gasteiger partial charge on any atom is 0.0486 e. The van der Waals surface area contributed by atoms with Gasteiger partial charge in [-0.15, -0.1) is 0 Å². The van der Waals surface area contributed by atoms with E-state index >= 15 is 0 Å². The number of thiophene rings is 1. The van der Waals surface area contributed by atoms with Crippen molar-refractivity contribution >= 4 is 22.2 Å². The molecule has 0 aliphatic carbocycles. The van der Waals surface area contributed by atoms with E-state index in [1.807, 2.05) is 0 Å². The number of fused-ring (bicyclic) bond motifs is 1. The highest BCUT2D eigenvalue weighted by molar-refractivity contribution is 7.07. The van der Waals surface area contributed by atoms with Crippen molar-refractivity contribution in [1.82, 2.24) is 9.88 Å². The number of rotatable bonds is 7. The largest absolute Gasteiger partial charge is 0.343 e. The predicted molar refractivity (Wildman–Crippen MR) is 92.2 cm³/mol. The molecule has 21 heavy (non-hydrogen) atoms. The SMILES string of the molecule is CCCNCCc1cn(Cc2ccsc2)c2ccccc12. The molecule has 3 heteroatoms. The second-order valence-electron chi connectivity index (χ2n) is 5.43. The molecule has 0 radical (unpaired) electrons. The molecule has 0 aliphatic heterocycles. The Morgan fingerprint density at radius 2 is 2.05 bits per heavy atom. The number of para-hydroxylation sites is 1. The zero-order chi connectivity index (χ0) is 14.5. The number of hydrogen-bond acceptors (Lipinski definition) is 2. The molecule has 110 valence electrons. The summed E-state index contributed by atoms with van der Waals surface area (Å²) >= 11 is 1.77. The molecule has 0 amide bonds. The minimum absolute atomic E-state index is 0.965. The van der Waals surface area contributed by atoms with Crippen LogP contribution in [0.5, 0.6) is 0 Å². The van der Waals surface area contributed by atoms with E-state index in [1.165, 1.54) is 28.5 Å². The molecule has 2 heterocycles. The summed E-state index contributed by atoms with van der Waals surface area (Å²) in [7, 11) is 0. The van der Waals surface area contributed by atoms with E-state index in [-0.39, 0.29) is 0 Å². The van der Waals surface area contributed by atoms with Crippen LogP contribution in [-0.2, 0) is 13.0 Å². The van der Waals surface area contributed by atoms with Crippen LogP contribution in [0.4, 0.5) is 0 Å². The molecule has 2 aromatic heterocycles. The van der Waals surface area contributed by atoms with Gasteiger partial charge in [0.2, 0.25) is 0 Å². The third kappa shape index (κ3) is 3.36. The van der Waals surface area contributed by atoms with E-state index in [2.05, 4.69) is 64.1 Å². The van der Waals surface area contributed by atoms with Gasteiger partial charge in [-0.25, -0.2) is 0 Å². The maximum atomic E-state index is 3.50. The van der Waals surface area contributed by atoms with Gasteiger partial charge in [-0.3, -0.25) is 0 Å². The number of nitrogens with zero attached hydrogens (tertiary/aromatic N) is 1. The van der Waals surface area contributed by atoms with Gasteiger partial charge in [0.15, 0.2) is 0 Å². The summed E-state index contributed by atoms with van der Waals surface area (Å²) in [5.74, 6) is 0. The zero-order valence-corrected chi connectivity index (χ0v) is 13.3. The Hall–Kier alpha value is -1.58. The van der Waals surface area contributed by atoms with Crippen molar-refractivity contribution in [2.75, 3.05) is 13.1 Å². The van der Waals surface area contributed by atoms with Crippen molar-refractivity contribution in [3.63, 3.8) is 0 Å². The fraction of sp³-hybridized carbons (Fsp3) is 0.333. The maximum absolute atomic E-state index is 3.50. The minimum atomic E-state index is 0.965. The van der Waals surface area contributed by atoms with E-state index in [0.717, 1.165) is 26.1 Å². The highest BCUT2D eigenvalue weighted by Gasteiger charge is 2.08. The summed E-state index contributed by atoms with van der Waals surface area (Å²) in [6.45, 7) is 5.33. The van der Waals surface area contributed by atoms with Gasteiger partial charge in [-0.1, -0.05) is 25.1 Å². The molecule has 0 spiro atoms. The van der Waals surface area contributed by atoms with Crippen molar-refractivity contribution in [3.8, 4) is 0 Å². The molecule has 0 bridgehead atoms. The van der Waals surface area contributed by atoms with Gasteiger partial charge >= 0.3 is 0 Å². The molecule has 0 atom stereocenters. The van der Waals surface area contributed by atoms with Crippen LogP contribution in [0.25, 0.3) is 10.9 Å². The second kappa shape index (κ2) is 6.92. The summed E-state index contributed by atoms with van der Waals surface area (Å²) in [4.78, 5) is 0. The number of aromatic nitrogens is 1. The average Bonchev–Trinajstić information content (AvgIpc) is 3.13. The third-order valence-electron chi connectivity index (χ3n) is 3.80. The smallest absolute Gasteiger partial charge is 0.0486 e. The lowest BCUT2D eigenvalue weighted by atomic mass is 10.1. The van der Waals surface area contributed by atoms with Crippen LogP contribution in [-0.4, -0.2) is 17.7 Å². The Balaban J connectivity index is 1.83. The average molecular weight is 298 g/mol. The molecular formula is C18H22N2S. The Kier molecular flexibility index (Phi) is 4.73. The molecule has 0 fully saturated rings. The second-order valence-corrected chi connectivity index (χ2v) is 6.21. The standard InChI is InChI=1S/C18H22N2S/c1-2-9-19-10-7-16-13-20(12-15-8-11-21-14-15)18-6-4-3-5-17(16)18/h3-6,8,11,13-14,19H,2,7,9-10,12H2,1H3. The third-order valence-corrected chi connectivity index (χ3v) is 4.53. The fourth-order valence-corrected chi connectivity index (χ4v) is 3.42. The van der Waals surface area contributed by atoms with Crippen LogP contribution in [0.2, 0.25) is 0 Å². The molecule has 0 aliphatic rings. The Morgan fingerprint density at radius 1 is 1.14 bits per heavy atom. The van der Waals surface area contributed by atoms with E-state index in [9.17, 15) is 0 Å². The zero-order valence-electron chi connectivity index (χ0n) is 12.5. The first kappa shape index (κ1) is 14.4. The van der Waals surface area contributed by atoms with Crippen molar-refractivity contribution in [2.45, 2.75) is 26.3 Å². The van der Waals surface area contributed by atoms with Gasteiger partial charge < -0.3 is 9.88 Å². The van der Waals surface area contributed by atoms with Crippen LogP contribution in [0.3, 0.4) is 0 Å². The molecule has 0 unspecified atom stereocenters. The number of hydrogen-bond donors (Lipinski definition) is 1. The van der Waals surface area contributed by atoms with Gasteiger partial charge in [-0.05, 0) is 60.0 Å². The van der Waals surface area contributed by atoms with Gasteiger partial charge in [0, 0.05) is 23.6 Å². The molecule has 3 aromatic rings. The Morgan fingerprint density at radius 3 is 2.86 bits per heavy atom. The topological polar surface area (TPSA) is 17.0 Å². The first-order chi connectivity index (χ1) is 10.4. The Labute approximate surface area is 130 Å². The fourth-order valence-electron chi connectivity index (χ4n) is 2.76. The van der Waals surface area contributed by atoms with E-state index in [0.29, 0.717) is 0 Å². The Bertz CT molecular complexity index is 682. The van der Waals surface area contributed by atoms with E-state index in [1.54, 1.807) is 11.3 Å². The molecule has 1 aromatic carbocycles. The lowest BCUT2D eigenvalue weighted by Gasteiger charge is -2.02. The molecule has 0 saturated heterocycles. The van der Waals surface area contributed by atoms with Crippen LogP contribution < -0.4 is 5.32 Å². The quantitative estimate of drug-likeness (QED) is 0.644. The van der Waals surface area contributed by atoms with Crippen LogP contribution in [0, 0.1) is 0 Å². The monoisotopic (exact) mass is 298 g/mol. The summed E-state index contributed by atoms with van der Waals surface area (Å²) in [5, 5.41) is 9.27. The lowest BCUT2D eigenvalue weighted by molar-refractivity contribution is 0.671. The van der Waals surface area contributed by atoms with Gasteiger partial charge in [0.1, 0.15) is 0 Å². The van der Waals surface area contributed by atoms with Crippen molar-refractivity contribution in [3.05, 3.63) is 58.4 Å². The summed E-state index contributed by atoms with van der Waals surface area (Å²) in [6.07, 6.45) is 4.62. The van der Waals surface area contributed by atoms with Gasteiger partial charge in [0.05, 0.1) is 0 Å². The van der Waals surface area contributed by atoms with Crippen molar-refractivity contribution in [2.24, 2.45) is 0 Å². The van der Waals surface area contributed by atoms with Crippen LogP contribution >= 0.6 is 11.3 Å².